The molecule has 0 aromatic heterocycles. The van der Waals surface area contributed by atoms with Crippen LogP contribution in [0, 0.1) is 3.57 Å². The lowest BCUT2D eigenvalue weighted by Gasteiger charge is -2.03. The van der Waals surface area contributed by atoms with E-state index in [1.165, 1.54) is 32.9 Å². The highest BCUT2D eigenvalue weighted by Gasteiger charge is 1.99. The van der Waals surface area contributed by atoms with Crippen molar-refractivity contribution in [1.29, 1.82) is 0 Å². The van der Waals surface area contributed by atoms with Gasteiger partial charge in [0.2, 0.25) is 0 Å². The van der Waals surface area contributed by atoms with Gasteiger partial charge >= 0.3 is 0 Å². The van der Waals surface area contributed by atoms with Gasteiger partial charge in [-0.2, -0.15) is 0 Å². The van der Waals surface area contributed by atoms with Gasteiger partial charge in [0.05, 0.1) is 0 Å². The Morgan fingerprint density at radius 3 is 2.83 bits per heavy atom. The first-order valence-corrected chi connectivity index (χ1v) is 6.05. The highest BCUT2D eigenvalue weighted by Crippen LogP contribution is 2.19. The fourth-order valence-corrected chi connectivity index (χ4v) is 2.12. The maximum absolute atomic E-state index is 3.48. The van der Waals surface area contributed by atoms with Crippen LogP contribution in [0.15, 0.2) is 22.7 Å². The average molecular weight is 339 g/mol. The summed E-state index contributed by atoms with van der Waals surface area (Å²) >= 11 is 5.88. The lowest BCUT2D eigenvalue weighted by Crippen LogP contribution is -1.88. The number of unbranched alkanes of at least 4 members (excludes halogenated alkanes) is 1. The van der Waals surface area contributed by atoms with E-state index in [2.05, 4.69) is 63.6 Å². The van der Waals surface area contributed by atoms with E-state index < -0.39 is 0 Å². The topological polar surface area (TPSA) is 0 Å². The van der Waals surface area contributed by atoms with Crippen molar-refractivity contribution in [2.24, 2.45) is 0 Å². The van der Waals surface area contributed by atoms with Crippen LogP contribution in [0.5, 0.6) is 0 Å². The first-order chi connectivity index (χ1) is 5.74. The smallest absolute Gasteiger partial charge is 0.0178 e. The van der Waals surface area contributed by atoms with Gasteiger partial charge in [0.15, 0.2) is 0 Å². The van der Waals surface area contributed by atoms with E-state index in [0.29, 0.717) is 0 Å². The van der Waals surface area contributed by atoms with E-state index in [4.69, 9.17) is 0 Å². The monoisotopic (exact) mass is 338 g/mol. The Hall–Kier alpha value is 0.430. The molecule has 12 heavy (non-hydrogen) atoms. The Morgan fingerprint density at radius 2 is 2.17 bits per heavy atom. The van der Waals surface area contributed by atoms with Gasteiger partial charge in [-0.05, 0) is 59.2 Å². The van der Waals surface area contributed by atoms with Gasteiger partial charge < -0.3 is 0 Å². The molecule has 0 spiro atoms. The molecule has 2 heteroatoms. The number of hydrogen-bond acceptors (Lipinski definition) is 0. The van der Waals surface area contributed by atoms with E-state index in [1.807, 2.05) is 0 Å². The van der Waals surface area contributed by atoms with Crippen molar-refractivity contribution in [3.63, 3.8) is 0 Å². The molecule has 0 atom stereocenters. The van der Waals surface area contributed by atoms with Crippen molar-refractivity contribution < 1.29 is 0 Å². The van der Waals surface area contributed by atoms with Crippen molar-refractivity contribution in [2.45, 2.75) is 26.2 Å². The summed E-state index contributed by atoms with van der Waals surface area (Å²) in [4.78, 5) is 0. The molecule has 0 unspecified atom stereocenters. The van der Waals surface area contributed by atoms with Gasteiger partial charge in [0.25, 0.3) is 0 Å². The largest absolute Gasteiger partial charge is 0.0654 e. The van der Waals surface area contributed by atoms with E-state index >= 15 is 0 Å². The molecule has 0 amide bonds. The Kier molecular flexibility index (Phi) is 4.57. The van der Waals surface area contributed by atoms with Crippen LogP contribution < -0.4 is 0 Å². The lowest BCUT2D eigenvalue weighted by molar-refractivity contribution is 0.792. The third-order valence-corrected chi connectivity index (χ3v) is 3.35. The van der Waals surface area contributed by atoms with Gasteiger partial charge in [0.1, 0.15) is 0 Å². The Bertz CT molecular complexity index is 258. The van der Waals surface area contributed by atoms with Crippen molar-refractivity contribution >= 4 is 38.5 Å². The molecule has 1 aromatic carbocycles. The van der Waals surface area contributed by atoms with Crippen molar-refractivity contribution in [1.82, 2.24) is 0 Å². The summed E-state index contributed by atoms with van der Waals surface area (Å²) in [6.45, 7) is 2.23. The summed E-state index contributed by atoms with van der Waals surface area (Å²) in [5, 5.41) is 0. The summed E-state index contributed by atoms with van der Waals surface area (Å²) < 4.78 is 2.57. The normalized spacial score (nSPS) is 10.2. The fraction of sp³-hybridized carbons (Fsp3) is 0.400. The third-order valence-electron chi connectivity index (χ3n) is 1.81. The highest BCUT2D eigenvalue weighted by atomic mass is 127. The van der Waals surface area contributed by atoms with Crippen LogP contribution in [-0.2, 0) is 6.42 Å². The quantitative estimate of drug-likeness (QED) is 0.717. The second-order valence-corrected chi connectivity index (χ2v) is 4.92. The summed E-state index contributed by atoms with van der Waals surface area (Å²) in [7, 11) is 0. The predicted octanol–water partition coefficient (Wildman–Crippen LogP) is 4.40. The van der Waals surface area contributed by atoms with Gasteiger partial charge in [0, 0.05) is 8.04 Å². The fourth-order valence-electron chi connectivity index (χ4n) is 1.10. The lowest BCUT2D eigenvalue weighted by atomic mass is 10.1. The predicted molar refractivity (Wildman–Crippen MR) is 65.5 cm³/mol. The Balaban J connectivity index is 2.75. The summed E-state index contributed by atoms with van der Waals surface area (Å²) in [5.74, 6) is 0. The van der Waals surface area contributed by atoms with Crippen LogP contribution in [0.4, 0.5) is 0 Å². The number of hydrogen-bond donors (Lipinski definition) is 0. The van der Waals surface area contributed by atoms with Crippen molar-refractivity contribution in [2.75, 3.05) is 0 Å². The molecule has 0 aliphatic carbocycles. The van der Waals surface area contributed by atoms with Crippen molar-refractivity contribution in [3.05, 3.63) is 31.8 Å². The number of halogens is 2. The maximum Gasteiger partial charge on any atom is 0.0178 e. The van der Waals surface area contributed by atoms with Gasteiger partial charge in [-0.3, -0.25) is 0 Å². The molecular formula is C10H12BrI. The highest BCUT2D eigenvalue weighted by molar-refractivity contribution is 14.1. The minimum absolute atomic E-state index is 1.19. The van der Waals surface area contributed by atoms with Crippen LogP contribution in [0.25, 0.3) is 0 Å². The van der Waals surface area contributed by atoms with Crippen molar-refractivity contribution in [3.8, 4) is 0 Å². The summed E-state index contributed by atoms with van der Waals surface area (Å²) in [6, 6.07) is 6.48. The molecular weight excluding hydrogens is 327 g/mol. The molecule has 1 aromatic rings. The zero-order valence-corrected chi connectivity index (χ0v) is 10.9. The van der Waals surface area contributed by atoms with E-state index in [-0.39, 0.29) is 0 Å². The molecule has 0 aliphatic rings. The number of rotatable bonds is 3. The molecule has 0 aliphatic heterocycles. The summed E-state index contributed by atoms with van der Waals surface area (Å²) in [6.07, 6.45) is 3.75. The van der Waals surface area contributed by atoms with Crippen LogP contribution in [0.2, 0.25) is 0 Å². The Morgan fingerprint density at radius 1 is 1.42 bits per heavy atom. The number of aryl methyl sites for hydroxylation is 1. The molecule has 0 fully saturated rings. The van der Waals surface area contributed by atoms with Crippen LogP contribution in [0.1, 0.15) is 25.3 Å². The number of benzene rings is 1. The molecule has 66 valence electrons. The molecule has 0 nitrogen and oxygen atoms in total. The minimum atomic E-state index is 1.19. The minimum Gasteiger partial charge on any atom is -0.0654 e. The van der Waals surface area contributed by atoms with Gasteiger partial charge in [-0.15, -0.1) is 0 Å². The maximum atomic E-state index is 3.48. The zero-order valence-electron chi connectivity index (χ0n) is 7.11. The average Bonchev–Trinajstić information content (AvgIpc) is 2.07. The standard InChI is InChI=1S/C10H12BrI/c1-2-3-4-8-7-9(11)5-6-10(8)12/h5-7H,2-4H2,1H3. The third kappa shape index (κ3) is 3.05. The second-order valence-electron chi connectivity index (χ2n) is 2.84. The first kappa shape index (κ1) is 10.5. The SMILES string of the molecule is CCCCc1cc(Br)ccc1I. The second kappa shape index (κ2) is 5.22. The molecule has 0 heterocycles. The molecule has 0 N–H and O–H groups in total. The van der Waals surface area contributed by atoms with Crippen LogP contribution in [-0.4, -0.2) is 0 Å². The molecule has 0 bridgehead atoms. The van der Waals surface area contributed by atoms with Gasteiger partial charge in [-0.1, -0.05) is 29.3 Å². The molecule has 0 saturated heterocycles. The van der Waals surface area contributed by atoms with Crippen LogP contribution in [0.3, 0.4) is 0 Å². The van der Waals surface area contributed by atoms with E-state index in [1.54, 1.807) is 0 Å². The van der Waals surface area contributed by atoms with E-state index in [0.717, 1.165) is 0 Å². The molecule has 0 saturated carbocycles. The first-order valence-electron chi connectivity index (χ1n) is 4.18. The summed E-state index contributed by atoms with van der Waals surface area (Å²) in [5.41, 5.74) is 1.46. The van der Waals surface area contributed by atoms with Gasteiger partial charge in [-0.25, -0.2) is 0 Å². The molecule has 1 rings (SSSR count). The molecule has 0 radical (unpaired) electrons. The van der Waals surface area contributed by atoms with E-state index in [9.17, 15) is 0 Å². The Labute approximate surface area is 96.0 Å². The zero-order chi connectivity index (χ0) is 8.97. The van der Waals surface area contributed by atoms with Crippen LogP contribution >= 0.6 is 38.5 Å².